The van der Waals surface area contributed by atoms with Crippen molar-refractivity contribution in [3.8, 4) is 0 Å². The molecule has 0 spiro atoms. The molecule has 1 unspecified atom stereocenters. The van der Waals surface area contributed by atoms with Crippen LogP contribution in [0.1, 0.15) is 6.92 Å². The van der Waals surface area contributed by atoms with E-state index in [1.54, 1.807) is 25.3 Å². The summed E-state index contributed by atoms with van der Waals surface area (Å²) in [7, 11) is -1.80. The van der Waals surface area contributed by atoms with Crippen LogP contribution in [0.2, 0.25) is 5.02 Å². The molecule has 0 saturated heterocycles. The van der Waals surface area contributed by atoms with E-state index in [-0.39, 0.29) is 16.7 Å². The monoisotopic (exact) mass is 291 g/mol. The third kappa shape index (κ3) is 4.57. The molecule has 0 aliphatic carbocycles. The second kappa shape index (κ2) is 7.09. The van der Waals surface area contributed by atoms with Crippen molar-refractivity contribution in [3.63, 3.8) is 0 Å². The topological polar surface area (TPSA) is 55.4 Å². The van der Waals surface area contributed by atoms with Gasteiger partial charge in [0.2, 0.25) is 0 Å². The van der Waals surface area contributed by atoms with E-state index in [0.717, 1.165) is 0 Å². The van der Waals surface area contributed by atoms with Crippen LogP contribution in [0.5, 0.6) is 0 Å². The lowest BCUT2D eigenvalue weighted by Crippen LogP contribution is -2.39. The molecule has 0 bridgehead atoms. The number of rotatable bonds is 7. The number of hydrogen-bond donors (Lipinski definition) is 1. The van der Waals surface area contributed by atoms with Gasteiger partial charge in [0.05, 0.1) is 17.3 Å². The van der Waals surface area contributed by atoms with Gasteiger partial charge in [0.25, 0.3) is 0 Å². The normalized spacial score (nSPS) is 13.5. The largest absolute Gasteiger partial charge is 0.383 e. The number of methoxy groups -OCH3 is 1. The lowest BCUT2D eigenvalue weighted by atomic mass is 10.3. The number of benzene rings is 1. The Morgan fingerprint density at radius 2 is 2.17 bits per heavy atom. The third-order valence-corrected chi connectivity index (χ3v) is 4.48. The van der Waals surface area contributed by atoms with E-state index in [9.17, 15) is 8.42 Å². The van der Waals surface area contributed by atoms with E-state index in [2.05, 4.69) is 5.32 Å². The number of nitrogens with one attached hydrogen (secondary N) is 1. The number of ether oxygens (including phenoxy) is 1. The second-order valence-electron chi connectivity index (χ2n) is 3.95. The highest BCUT2D eigenvalue weighted by molar-refractivity contribution is 7.91. The number of sulfone groups is 1. The molecule has 0 radical (unpaired) electrons. The van der Waals surface area contributed by atoms with Crippen LogP contribution in [-0.2, 0) is 14.6 Å². The molecule has 18 heavy (non-hydrogen) atoms. The van der Waals surface area contributed by atoms with Crippen molar-refractivity contribution in [2.24, 2.45) is 0 Å². The van der Waals surface area contributed by atoms with Crippen LogP contribution in [0.4, 0.5) is 0 Å². The summed E-state index contributed by atoms with van der Waals surface area (Å²) in [6.07, 6.45) is 0. The van der Waals surface area contributed by atoms with Crippen molar-refractivity contribution in [2.45, 2.75) is 17.9 Å². The molecule has 0 amide bonds. The molecule has 0 aliphatic heterocycles. The molecule has 0 aliphatic rings. The highest BCUT2D eigenvalue weighted by Gasteiger charge is 2.20. The molecule has 1 N–H and O–H groups in total. The molecule has 1 aromatic rings. The predicted molar refractivity (Wildman–Crippen MR) is 72.8 cm³/mol. The Morgan fingerprint density at radius 1 is 1.44 bits per heavy atom. The Labute approximate surface area is 113 Å². The van der Waals surface area contributed by atoms with Gasteiger partial charge in [0.1, 0.15) is 0 Å². The zero-order chi connectivity index (χ0) is 13.6. The first-order valence-corrected chi connectivity index (χ1v) is 7.73. The molecule has 6 heteroatoms. The van der Waals surface area contributed by atoms with Crippen molar-refractivity contribution in [2.75, 3.05) is 26.0 Å². The molecular formula is C12H18ClNO3S. The van der Waals surface area contributed by atoms with Crippen LogP contribution in [0.25, 0.3) is 0 Å². The Bertz CT molecular complexity index is 470. The maximum absolute atomic E-state index is 12.2. The molecule has 0 saturated carbocycles. The van der Waals surface area contributed by atoms with E-state index in [1.807, 2.05) is 6.92 Å². The molecule has 0 heterocycles. The van der Waals surface area contributed by atoms with Crippen molar-refractivity contribution in [1.82, 2.24) is 5.32 Å². The molecule has 1 aromatic carbocycles. The zero-order valence-corrected chi connectivity index (χ0v) is 12.1. The van der Waals surface area contributed by atoms with Gasteiger partial charge in [-0.1, -0.05) is 24.6 Å². The van der Waals surface area contributed by atoms with E-state index in [4.69, 9.17) is 16.3 Å². The lowest BCUT2D eigenvalue weighted by Gasteiger charge is -2.17. The first kappa shape index (κ1) is 15.4. The summed E-state index contributed by atoms with van der Waals surface area (Å²) in [6, 6.07) is 6.08. The minimum atomic E-state index is -3.35. The van der Waals surface area contributed by atoms with Crippen LogP contribution in [-0.4, -0.2) is 40.5 Å². The zero-order valence-electron chi connectivity index (χ0n) is 10.5. The van der Waals surface area contributed by atoms with Gasteiger partial charge < -0.3 is 10.1 Å². The molecular weight excluding hydrogens is 274 g/mol. The van der Waals surface area contributed by atoms with Crippen LogP contribution < -0.4 is 5.32 Å². The van der Waals surface area contributed by atoms with Gasteiger partial charge in [-0.2, -0.15) is 0 Å². The fourth-order valence-electron chi connectivity index (χ4n) is 1.68. The number of hydrogen-bond acceptors (Lipinski definition) is 4. The summed E-state index contributed by atoms with van der Waals surface area (Å²) >= 11 is 5.81. The summed E-state index contributed by atoms with van der Waals surface area (Å²) in [6.45, 7) is 2.97. The van der Waals surface area contributed by atoms with E-state index < -0.39 is 9.84 Å². The fraction of sp³-hybridized carbons (Fsp3) is 0.500. The molecule has 4 nitrogen and oxygen atoms in total. The Hall–Kier alpha value is -0.620. The van der Waals surface area contributed by atoms with Crippen molar-refractivity contribution in [1.29, 1.82) is 0 Å². The average Bonchev–Trinajstić information content (AvgIpc) is 2.29. The number of likely N-dealkylation sites (N-methyl/N-ethyl adjacent to an activating group) is 1. The molecule has 1 atom stereocenters. The van der Waals surface area contributed by atoms with Crippen LogP contribution in [0.15, 0.2) is 29.2 Å². The SMILES string of the molecule is CCNC(COC)CS(=O)(=O)c1cccc(Cl)c1. The summed E-state index contributed by atoms with van der Waals surface area (Å²) in [4.78, 5) is 0.244. The second-order valence-corrected chi connectivity index (χ2v) is 6.42. The lowest BCUT2D eigenvalue weighted by molar-refractivity contribution is 0.174. The summed E-state index contributed by atoms with van der Waals surface area (Å²) in [5.41, 5.74) is 0. The van der Waals surface area contributed by atoms with Gasteiger partial charge in [0, 0.05) is 18.2 Å². The van der Waals surface area contributed by atoms with Gasteiger partial charge in [-0.05, 0) is 24.7 Å². The van der Waals surface area contributed by atoms with Gasteiger partial charge in [-0.25, -0.2) is 8.42 Å². The molecule has 102 valence electrons. The first-order valence-electron chi connectivity index (χ1n) is 5.70. The van der Waals surface area contributed by atoms with Gasteiger partial charge in [0.15, 0.2) is 9.84 Å². The molecule has 1 rings (SSSR count). The molecule has 0 fully saturated rings. The van der Waals surface area contributed by atoms with Gasteiger partial charge in [-0.3, -0.25) is 0 Å². The maximum atomic E-state index is 12.2. The maximum Gasteiger partial charge on any atom is 0.180 e. The smallest absolute Gasteiger partial charge is 0.180 e. The van der Waals surface area contributed by atoms with Crippen LogP contribution in [0, 0.1) is 0 Å². The Morgan fingerprint density at radius 3 is 2.72 bits per heavy atom. The molecule has 0 aromatic heterocycles. The fourth-order valence-corrected chi connectivity index (χ4v) is 3.46. The quantitative estimate of drug-likeness (QED) is 0.831. The van der Waals surface area contributed by atoms with E-state index in [0.29, 0.717) is 18.2 Å². The van der Waals surface area contributed by atoms with Crippen LogP contribution in [0.3, 0.4) is 0 Å². The van der Waals surface area contributed by atoms with Gasteiger partial charge in [-0.15, -0.1) is 0 Å². The van der Waals surface area contributed by atoms with Crippen LogP contribution >= 0.6 is 11.6 Å². The minimum Gasteiger partial charge on any atom is -0.383 e. The van der Waals surface area contributed by atoms with Crippen molar-refractivity contribution in [3.05, 3.63) is 29.3 Å². The van der Waals surface area contributed by atoms with Crippen molar-refractivity contribution < 1.29 is 13.2 Å². The number of halogens is 1. The highest BCUT2D eigenvalue weighted by Crippen LogP contribution is 2.17. The minimum absolute atomic E-state index is 0.00494. The first-order chi connectivity index (χ1) is 8.49. The summed E-state index contributed by atoms with van der Waals surface area (Å²) in [5, 5.41) is 3.51. The van der Waals surface area contributed by atoms with E-state index in [1.165, 1.54) is 6.07 Å². The Kier molecular flexibility index (Phi) is 6.08. The average molecular weight is 292 g/mol. The van der Waals surface area contributed by atoms with Gasteiger partial charge >= 0.3 is 0 Å². The van der Waals surface area contributed by atoms with Crippen molar-refractivity contribution >= 4 is 21.4 Å². The highest BCUT2D eigenvalue weighted by atomic mass is 35.5. The van der Waals surface area contributed by atoms with E-state index >= 15 is 0 Å². The predicted octanol–water partition coefficient (Wildman–Crippen LogP) is 1.74. The Balaban J connectivity index is 2.86. The summed E-state index contributed by atoms with van der Waals surface area (Å²) in [5.74, 6) is -0.00494. The standard InChI is InChI=1S/C12H18ClNO3S/c1-3-14-11(8-17-2)9-18(15,16)12-6-4-5-10(13)7-12/h4-7,11,14H,3,8-9H2,1-2H3. The summed E-state index contributed by atoms with van der Waals surface area (Å²) < 4.78 is 29.4. The third-order valence-electron chi connectivity index (χ3n) is 2.44.